The van der Waals surface area contributed by atoms with E-state index >= 15 is 0 Å². The van der Waals surface area contributed by atoms with Gasteiger partial charge in [0.2, 0.25) is 17.8 Å². The Kier molecular flexibility index (Phi) is 11.1. The van der Waals surface area contributed by atoms with E-state index < -0.39 is 5.91 Å². The molecule has 298 valence electrons. The second-order valence-electron chi connectivity index (χ2n) is 13.8. The molecular formula is C42H45N11O5. The van der Waals surface area contributed by atoms with E-state index in [0.29, 0.717) is 76.1 Å². The Labute approximate surface area is 334 Å². The zero-order valence-corrected chi connectivity index (χ0v) is 33.2. The van der Waals surface area contributed by atoms with Crippen LogP contribution in [0, 0.1) is 20.8 Å². The minimum atomic E-state index is -0.587. The van der Waals surface area contributed by atoms with Crippen LogP contribution in [-0.4, -0.2) is 63.5 Å². The average Bonchev–Trinajstić information content (AvgIpc) is 3.97. The summed E-state index contributed by atoms with van der Waals surface area (Å²) in [6.07, 6.45) is 3.87. The maximum atomic E-state index is 13.7. The topological polar surface area (TPSA) is 191 Å². The lowest BCUT2D eigenvalue weighted by molar-refractivity contribution is 0.0995. The Morgan fingerprint density at radius 2 is 1.33 bits per heavy atom. The van der Waals surface area contributed by atoms with E-state index in [1.54, 1.807) is 46.8 Å². The molecule has 0 aliphatic rings. The lowest BCUT2D eigenvalue weighted by atomic mass is 10.2. The molecule has 58 heavy (non-hydrogen) atoms. The van der Waals surface area contributed by atoms with Crippen LogP contribution in [0.4, 0.5) is 11.9 Å². The molecule has 4 aromatic heterocycles. The summed E-state index contributed by atoms with van der Waals surface area (Å²) >= 11 is 0. The van der Waals surface area contributed by atoms with Crippen LogP contribution in [0.2, 0.25) is 0 Å². The van der Waals surface area contributed by atoms with Crippen LogP contribution in [0.25, 0.3) is 22.1 Å². The molecule has 4 N–H and O–H groups in total. The molecule has 3 amide bonds. The summed E-state index contributed by atoms with van der Waals surface area (Å²) in [5.41, 5.74) is 12.5. The van der Waals surface area contributed by atoms with Crippen LogP contribution in [0.3, 0.4) is 0 Å². The quantitative estimate of drug-likeness (QED) is 0.102. The maximum Gasteiger partial charge on any atom is 0.276 e. The van der Waals surface area contributed by atoms with Gasteiger partial charge in [0.15, 0.2) is 0 Å². The fourth-order valence-corrected chi connectivity index (χ4v) is 6.82. The van der Waals surface area contributed by atoms with E-state index in [0.717, 1.165) is 22.6 Å². The third-order valence-corrected chi connectivity index (χ3v) is 9.60. The van der Waals surface area contributed by atoms with Crippen molar-refractivity contribution in [1.82, 2.24) is 38.7 Å². The number of fused-ring (bicyclic) bond motifs is 2. The van der Waals surface area contributed by atoms with Crippen molar-refractivity contribution >= 4 is 51.7 Å². The van der Waals surface area contributed by atoms with Gasteiger partial charge in [0.05, 0.1) is 35.0 Å². The second-order valence-corrected chi connectivity index (χ2v) is 13.8. The third kappa shape index (κ3) is 8.02. The number of anilines is 2. The third-order valence-electron chi connectivity index (χ3n) is 9.60. The van der Waals surface area contributed by atoms with E-state index in [4.69, 9.17) is 20.2 Å². The molecule has 0 fully saturated rings. The van der Waals surface area contributed by atoms with Crippen molar-refractivity contribution in [2.75, 3.05) is 17.7 Å². The van der Waals surface area contributed by atoms with Gasteiger partial charge in [-0.1, -0.05) is 24.3 Å². The number of carbonyl (C=O) groups is 3. The Balaban J connectivity index is 1.23. The number of carbonyl (C=O) groups excluding carboxylic acids is 3. The lowest BCUT2D eigenvalue weighted by Crippen LogP contribution is -2.20. The van der Waals surface area contributed by atoms with Gasteiger partial charge >= 0.3 is 0 Å². The number of benzene rings is 3. The maximum absolute atomic E-state index is 13.7. The van der Waals surface area contributed by atoms with Crippen molar-refractivity contribution in [3.05, 3.63) is 118 Å². The van der Waals surface area contributed by atoms with Crippen molar-refractivity contribution in [2.24, 2.45) is 5.73 Å². The summed E-state index contributed by atoms with van der Waals surface area (Å²) in [5, 5.41) is 14.8. The second kappa shape index (κ2) is 16.5. The van der Waals surface area contributed by atoms with Gasteiger partial charge in [0.1, 0.15) is 35.0 Å². The van der Waals surface area contributed by atoms with Crippen LogP contribution >= 0.6 is 0 Å². The first-order chi connectivity index (χ1) is 28.0. The summed E-state index contributed by atoms with van der Waals surface area (Å²) in [4.78, 5) is 48.9. The molecule has 0 radical (unpaired) electrons. The van der Waals surface area contributed by atoms with E-state index in [-0.39, 0.29) is 30.9 Å². The molecule has 0 saturated heterocycles. The van der Waals surface area contributed by atoms with Crippen molar-refractivity contribution in [3.8, 4) is 11.5 Å². The number of rotatable bonds is 15. The smallest absolute Gasteiger partial charge is 0.276 e. The molecule has 0 aliphatic heterocycles. The summed E-state index contributed by atoms with van der Waals surface area (Å²) < 4.78 is 18.8. The van der Waals surface area contributed by atoms with Crippen LogP contribution in [0.15, 0.2) is 78.9 Å². The minimum absolute atomic E-state index is 0.279. The number of nitrogens with one attached hydrogen (secondary N) is 2. The highest BCUT2D eigenvalue weighted by Gasteiger charge is 2.22. The molecule has 0 aliphatic carbocycles. The number of hydrogen-bond donors (Lipinski definition) is 3. The highest BCUT2D eigenvalue weighted by molar-refractivity contribution is 6.04. The Hall–Kier alpha value is -7.23. The van der Waals surface area contributed by atoms with E-state index in [9.17, 15) is 14.4 Å². The number of hydrogen-bond acceptors (Lipinski definition) is 9. The van der Waals surface area contributed by atoms with Gasteiger partial charge in [0.25, 0.3) is 11.8 Å². The van der Waals surface area contributed by atoms with Gasteiger partial charge in [-0.2, -0.15) is 10.2 Å². The van der Waals surface area contributed by atoms with Gasteiger partial charge < -0.3 is 24.3 Å². The predicted molar refractivity (Wildman–Crippen MR) is 220 cm³/mol. The summed E-state index contributed by atoms with van der Waals surface area (Å²) in [6.45, 7) is 11.4. The van der Waals surface area contributed by atoms with Crippen molar-refractivity contribution in [1.29, 1.82) is 0 Å². The SMILES string of the molecule is CCn1nc(C)cc1C(=O)Nc1nc2cc(C(N)=O)ccc2n1C/C=C/Cn1c(NC(=O)c2cc(C)nn2CC)nc2cc(C)cc(OCc3ccc(OC)cc3)c21. The van der Waals surface area contributed by atoms with Gasteiger partial charge in [0, 0.05) is 31.7 Å². The number of allylic oxidation sites excluding steroid dienone is 2. The molecule has 4 heterocycles. The number of nitrogens with two attached hydrogens (primary N) is 1. The summed E-state index contributed by atoms with van der Waals surface area (Å²) in [7, 11) is 1.62. The molecule has 16 nitrogen and oxygen atoms in total. The number of amides is 3. The highest BCUT2D eigenvalue weighted by atomic mass is 16.5. The van der Waals surface area contributed by atoms with Crippen LogP contribution in [-0.2, 0) is 32.8 Å². The molecule has 7 aromatic rings. The molecule has 0 bridgehead atoms. The monoisotopic (exact) mass is 783 g/mol. The highest BCUT2D eigenvalue weighted by Crippen LogP contribution is 2.32. The van der Waals surface area contributed by atoms with Crippen LogP contribution < -0.4 is 25.8 Å². The molecule has 0 atom stereocenters. The van der Waals surface area contributed by atoms with E-state index in [1.807, 2.05) is 92.3 Å². The first-order valence-electron chi connectivity index (χ1n) is 18.9. The van der Waals surface area contributed by atoms with Gasteiger partial charge in [-0.25, -0.2) is 9.97 Å². The summed E-state index contributed by atoms with van der Waals surface area (Å²) in [6, 6.07) is 20.0. The zero-order chi connectivity index (χ0) is 41.1. The predicted octanol–water partition coefficient (Wildman–Crippen LogP) is 6.19. The van der Waals surface area contributed by atoms with Crippen LogP contribution in [0.1, 0.15) is 67.7 Å². The molecule has 3 aromatic carbocycles. The Morgan fingerprint density at radius 3 is 1.91 bits per heavy atom. The number of aryl methyl sites for hydroxylation is 5. The first kappa shape index (κ1) is 39.0. The van der Waals surface area contributed by atoms with E-state index in [2.05, 4.69) is 25.8 Å². The number of imidazole rings is 2. The van der Waals surface area contributed by atoms with Gasteiger partial charge in [-0.3, -0.25) is 34.4 Å². The van der Waals surface area contributed by atoms with E-state index in [1.165, 1.54) is 0 Å². The fourth-order valence-electron chi connectivity index (χ4n) is 6.82. The molecule has 7 rings (SSSR count). The van der Waals surface area contributed by atoms with Crippen LogP contribution in [0.5, 0.6) is 11.5 Å². The molecule has 0 spiro atoms. The molecule has 16 heteroatoms. The number of nitrogens with zero attached hydrogens (tertiary/aromatic N) is 8. The van der Waals surface area contributed by atoms with Crippen molar-refractivity contribution < 1.29 is 23.9 Å². The number of primary amides is 1. The van der Waals surface area contributed by atoms with Crippen molar-refractivity contribution in [3.63, 3.8) is 0 Å². The normalized spacial score (nSPS) is 11.5. The fraction of sp³-hybridized carbons (Fsp3) is 0.262. The van der Waals surface area contributed by atoms with Crippen molar-refractivity contribution in [2.45, 2.75) is 67.4 Å². The first-order valence-corrected chi connectivity index (χ1v) is 18.9. The molecule has 0 saturated carbocycles. The Morgan fingerprint density at radius 1 is 0.741 bits per heavy atom. The van der Waals surface area contributed by atoms with Gasteiger partial charge in [-0.05, 0) is 100 Å². The number of aromatic nitrogens is 8. The largest absolute Gasteiger partial charge is 0.497 e. The minimum Gasteiger partial charge on any atom is -0.497 e. The standard InChI is InChI=1S/C42H45N11O5/c1-7-52-34(21-26(4)48-52)39(55)46-41-44-31-23-29(38(43)54)13-16-33(31)50(41)17-9-10-18-51-37-32(45-42(51)47-40(56)35-22-27(5)49-53(35)8-2)19-25(3)20-36(37)58-24-28-11-14-30(57-6)15-12-28/h9-16,19-23H,7-8,17-18,24H2,1-6H3,(H2,43,54)(H,44,46,55)(H,45,47,56)/b10-9+. The Bertz CT molecular complexity index is 2700. The number of ether oxygens (including phenoxy) is 2. The summed E-state index contributed by atoms with van der Waals surface area (Å²) in [5.74, 6) is 0.645. The van der Waals surface area contributed by atoms with Gasteiger partial charge in [-0.15, -0.1) is 0 Å². The molecular weight excluding hydrogens is 739 g/mol. The molecule has 0 unspecified atom stereocenters. The lowest BCUT2D eigenvalue weighted by Gasteiger charge is -2.13. The number of methoxy groups -OCH3 is 1. The zero-order valence-electron chi connectivity index (χ0n) is 33.2. The average molecular weight is 784 g/mol.